The first-order valence-corrected chi connectivity index (χ1v) is 16.8. The van der Waals surface area contributed by atoms with E-state index in [2.05, 4.69) is 5.32 Å². The van der Waals surface area contributed by atoms with Gasteiger partial charge in [0.05, 0.1) is 20.6 Å². The van der Waals surface area contributed by atoms with Gasteiger partial charge in [0.2, 0.25) is 11.8 Å². The van der Waals surface area contributed by atoms with E-state index in [0.29, 0.717) is 21.3 Å². The first-order valence-electron chi connectivity index (χ1n) is 14.6. The minimum atomic E-state index is -4.18. The molecular formula is C35H37Cl2N3O4S. The zero-order valence-electron chi connectivity index (χ0n) is 25.7. The molecule has 0 aliphatic carbocycles. The van der Waals surface area contributed by atoms with Crippen LogP contribution in [0.3, 0.4) is 0 Å². The number of halogens is 2. The van der Waals surface area contributed by atoms with Gasteiger partial charge in [-0.15, -0.1) is 0 Å². The van der Waals surface area contributed by atoms with Gasteiger partial charge in [-0.05, 0) is 80.8 Å². The van der Waals surface area contributed by atoms with Crippen LogP contribution in [0.1, 0.15) is 36.1 Å². The number of sulfonamides is 1. The van der Waals surface area contributed by atoms with Gasteiger partial charge < -0.3 is 10.2 Å². The lowest BCUT2D eigenvalue weighted by Gasteiger charge is -2.34. The highest BCUT2D eigenvalue weighted by molar-refractivity contribution is 7.92. The van der Waals surface area contributed by atoms with Gasteiger partial charge in [0.15, 0.2) is 0 Å². The second-order valence-corrected chi connectivity index (χ2v) is 14.0. The Hall–Kier alpha value is -3.85. The van der Waals surface area contributed by atoms with Crippen molar-refractivity contribution < 1.29 is 18.0 Å². The van der Waals surface area contributed by atoms with E-state index in [1.807, 2.05) is 64.1 Å². The lowest BCUT2D eigenvalue weighted by atomic mass is 10.0. The Bertz CT molecular complexity index is 1750. The molecule has 0 aliphatic heterocycles. The predicted molar refractivity (Wildman–Crippen MR) is 181 cm³/mol. The van der Waals surface area contributed by atoms with E-state index >= 15 is 0 Å². The Morgan fingerprint density at radius 1 is 0.778 bits per heavy atom. The quantitative estimate of drug-likeness (QED) is 0.177. The van der Waals surface area contributed by atoms with Crippen molar-refractivity contribution in [3.63, 3.8) is 0 Å². The van der Waals surface area contributed by atoms with E-state index < -0.39 is 28.5 Å². The second-order valence-electron chi connectivity index (χ2n) is 11.3. The Balaban J connectivity index is 1.82. The molecular weight excluding hydrogens is 629 g/mol. The maximum Gasteiger partial charge on any atom is 0.264 e. The molecule has 2 amide bonds. The summed E-state index contributed by atoms with van der Waals surface area (Å²) in [6.45, 7) is 6.86. The Morgan fingerprint density at radius 2 is 1.47 bits per heavy atom. The third-order valence-electron chi connectivity index (χ3n) is 7.22. The fraction of sp³-hybridized carbons (Fsp3) is 0.257. The van der Waals surface area contributed by atoms with E-state index in [4.69, 9.17) is 23.2 Å². The fourth-order valence-corrected chi connectivity index (χ4v) is 6.65. The number of rotatable bonds is 12. The van der Waals surface area contributed by atoms with Crippen LogP contribution in [-0.4, -0.2) is 43.8 Å². The summed E-state index contributed by atoms with van der Waals surface area (Å²) in [7, 11) is -4.18. The molecule has 0 unspecified atom stereocenters. The molecule has 0 saturated carbocycles. The molecule has 4 aromatic rings. The van der Waals surface area contributed by atoms with Crippen molar-refractivity contribution in [1.82, 2.24) is 10.2 Å². The van der Waals surface area contributed by atoms with Crippen LogP contribution in [0.15, 0.2) is 102 Å². The Labute approximate surface area is 275 Å². The first-order chi connectivity index (χ1) is 21.3. The molecule has 0 fully saturated rings. The average Bonchev–Trinajstić information content (AvgIpc) is 2.99. The number of anilines is 1. The molecule has 1 N–H and O–H groups in total. The fourth-order valence-electron chi connectivity index (χ4n) is 4.92. The molecule has 0 radical (unpaired) electrons. The van der Waals surface area contributed by atoms with Crippen molar-refractivity contribution in [3.05, 3.63) is 129 Å². The number of aryl methyl sites for hydroxylation is 2. The number of nitrogens with zero attached hydrogens (tertiary/aromatic N) is 2. The highest BCUT2D eigenvalue weighted by Gasteiger charge is 2.35. The van der Waals surface area contributed by atoms with Crippen LogP contribution >= 0.6 is 23.2 Å². The summed E-state index contributed by atoms with van der Waals surface area (Å²) in [5.41, 5.74) is 3.55. The first kappa shape index (κ1) is 34.0. The van der Waals surface area contributed by atoms with Gasteiger partial charge >= 0.3 is 0 Å². The molecule has 0 bridgehead atoms. The molecule has 45 heavy (non-hydrogen) atoms. The van der Waals surface area contributed by atoms with E-state index in [-0.39, 0.29) is 29.8 Å². The van der Waals surface area contributed by atoms with Crippen LogP contribution in [0.2, 0.25) is 10.0 Å². The van der Waals surface area contributed by atoms with Crippen LogP contribution < -0.4 is 9.62 Å². The largest absolute Gasteiger partial charge is 0.352 e. The molecule has 236 valence electrons. The summed E-state index contributed by atoms with van der Waals surface area (Å²) < 4.78 is 29.4. The van der Waals surface area contributed by atoms with Crippen LogP contribution in [0.5, 0.6) is 0 Å². The number of carbonyl (C=O) groups is 2. The van der Waals surface area contributed by atoms with Gasteiger partial charge in [-0.1, -0.05) is 89.4 Å². The van der Waals surface area contributed by atoms with Crippen LogP contribution in [-0.2, 0) is 32.6 Å². The minimum Gasteiger partial charge on any atom is -0.352 e. The van der Waals surface area contributed by atoms with Gasteiger partial charge in [-0.3, -0.25) is 13.9 Å². The summed E-state index contributed by atoms with van der Waals surface area (Å²) in [6.07, 6.45) is 0.210. The number of hydrogen-bond donors (Lipinski definition) is 1. The van der Waals surface area contributed by atoms with Crippen LogP contribution in [0.25, 0.3) is 0 Å². The molecule has 7 nitrogen and oxygen atoms in total. The highest BCUT2D eigenvalue weighted by Crippen LogP contribution is 2.27. The van der Waals surface area contributed by atoms with Crippen molar-refractivity contribution in [2.24, 2.45) is 0 Å². The molecule has 0 heterocycles. The molecule has 4 aromatic carbocycles. The SMILES string of the molecule is Cc1ccc(S(=O)(=O)N(CC(=O)N(Cc2ccc(Cl)c(Cl)c2)[C@@H](Cc2ccccc2)C(=O)NC(C)C)c2cccc(C)c2)cc1. The van der Waals surface area contributed by atoms with Gasteiger partial charge in [0.25, 0.3) is 10.0 Å². The molecule has 4 rings (SSSR count). The maximum atomic E-state index is 14.5. The number of carbonyl (C=O) groups excluding carboxylic acids is 2. The topological polar surface area (TPSA) is 86.8 Å². The number of benzene rings is 4. The van der Waals surface area contributed by atoms with Crippen molar-refractivity contribution in [2.45, 2.75) is 57.6 Å². The molecule has 0 aromatic heterocycles. The second kappa shape index (κ2) is 15.0. The van der Waals surface area contributed by atoms with Crippen molar-refractivity contribution in [2.75, 3.05) is 10.8 Å². The molecule has 10 heteroatoms. The van der Waals surface area contributed by atoms with Gasteiger partial charge in [-0.25, -0.2) is 8.42 Å². The summed E-state index contributed by atoms with van der Waals surface area (Å²) in [5.74, 6) is -0.913. The van der Waals surface area contributed by atoms with E-state index in [1.165, 1.54) is 17.0 Å². The summed E-state index contributed by atoms with van der Waals surface area (Å²) >= 11 is 12.5. The van der Waals surface area contributed by atoms with Crippen LogP contribution in [0.4, 0.5) is 5.69 Å². The van der Waals surface area contributed by atoms with Gasteiger partial charge in [-0.2, -0.15) is 0 Å². The standard InChI is InChI=1S/C35H37Cl2N3O4S/c1-24(2)38-35(42)33(21-27-10-6-5-7-11-27)39(22-28-15-18-31(36)32(37)20-28)34(41)23-40(29-12-8-9-26(4)19-29)45(43,44)30-16-13-25(3)14-17-30/h5-20,24,33H,21-23H2,1-4H3,(H,38,42)/t33-/m0/s1. The van der Waals surface area contributed by atoms with Gasteiger partial charge in [0.1, 0.15) is 12.6 Å². The summed E-state index contributed by atoms with van der Waals surface area (Å²) in [6, 6.07) is 26.7. The summed E-state index contributed by atoms with van der Waals surface area (Å²) in [5, 5.41) is 3.60. The normalized spacial score (nSPS) is 12.1. The Morgan fingerprint density at radius 3 is 2.09 bits per heavy atom. The minimum absolute atomic E-state index is 0.00895. The van der Waals surface area contributed by atoms with Crippen LogP contribution in [0, 0.1) is 13.8 Å². The Kier molecular flexibility index (Phi) is 11.3. The van der Waals surface area contributed by atoms with E-state index in [9.17, 15) is 18.0 Å². The van der Waals surface area contributed by atoms with E-state index in [0.717, 1.165) is 21.0 Å². The number of hydrogen-bond acceptors (Lipinski definition) is 4. The predicted octanol–water partition coefficient (Wildman–Crippen LogP) is 6.97. The van der Waals surface area contributed by atoms with Crippen molar-refractivity contribution in [1.29, 1.82) is 0 Å². The third-order valence-corrected chi connectivity index (χ3v) is 9.74. The molecule has 0 aliphatic rings. The van der Waals surface area contributed by atoms with E-state index in [1.54, 1.807) is 48.5 Å². The number of amides is 2. The average molecular weight is 667 g/mol. The van der Waals surface area contributed by atoms with Gasteiger partial charge in [0, 0.05) is 19.0 Å². The third kappa shape index (κ3) is 8.87. The van der Waals surface area contributed by atoms with Crippen molar-refractivity contribution >= 4 is 50.7 Å². The zero-order valence-corrected chi connectivity index (χ0v) is 28.0. The highest BCUT2D eigenvalue weighted by atomic mass is 35.5. The lowest BCUT2D eigenvalue weighted by molar-refractivity contribution is -0.140. The lowest BCUT2D eigenvalue weighted by Crippen LogP contribution is -2.54. The molecule has 1 atom stereocenters. The molecule has 0 saturated heterocycles. The monoisotopic (exact) mass is 665 g/mol. The smallest absolute Gasteiger partial charge is 0.264 e. The summed E-state index contributed by atoms with van der Waals surface area (Å²) in [4.78, 5) is 29.8. The molecule has 0 spiro atoms. The number of nitrogens with one attached hydrogen (secondary N) is 1. The zero-order chi connectivity index (χ0) is 32.7. The van der Waals surface area contributed by atoms with Crippen molar-refractivity contribution in [3.8, 4) is 0 Å². The maximum absolute atomic E-state index is 14.5.